The van der Waals surface area contributed by atoms with E-state index in [1.807, 2.05) is 26.0 Å². The second-order valence-corrected chi connectivity index (χ2v) is 9.90. The van der Waals surface area contributed by atoms with E-state index in [-0.39, 0.29) is 38.0 Å². The number of rotatable bonds is 5. The van der Waals surface area contributed by atoms with E-state index >= 15 is 0 Å². The van der Waals surface area contributed by atoms with Crippen molar-refractivity contribution in [3.63, 3.8) is 0 Å². The zero-order valence-corrected chi connectivity index (χ0v) is 19.9. The molecule has 4 atom stereocenters. The lowest BCUT2D eigenvalue weighted by molar-refractivity contribution is -0.143. The smallest absolute Gasteiger partial charge is 0.250 e. The molecule has 1 spiro atoms. The number of imide groups is 1. The molecule has 2 saturated heterocycles. The number of carbonyl (C=O) groups excluding carboxylic acids is 4. The molecule has 2 fully saturated rings. The normalized spacial score (nSPS) is 27.6. The zero-order chi connectivity index (χ0) is 25.4. The highest BCUT2D eigenvalue weighted by molar-refractivity contribution is 6.15. The molecule has 0 saturated carbocycles. The lowest BCUT2D eigenvalue weighted by atomic mass is 9.76. The highest BCUT2D eigenvalue weighted by Crippen LogP contribution is 2.54. The van der Waals surface area contributed by atoms with E-state index in [4.69, 9.17) is 15.2 Å². The van der Waals surface area contributed by atoms with Gasteiger partial charge in [-0.1, -0.05) is 18.2 Å². The van der Waals surface area contributed by atoms with Crippen molar-refractivity contribution < 1.29 is 28.7 Å². The van der Waals surface area contributed by atoms with Gasteiger partial charge in [-0.3, -0.25) is 29.4 Å². The number of fused-ring (bicyclic) bond motifs is 5. The van der Waals surface area contributed by atoms with Gasteiger partial charge in [0.25, 0.3) is 0 Å². The summed E-state index contributed by atoms with van der Waals surface area (Å²) >= 11 is 0. The molecule has 0 bridgehead atoms. The van der Waals surface area contributed by atoms with Crippen molar-refractivity contribution in [1.29, 1.82) is 0 Å². The van der Waals surface area contributed by atoms with E-state index in [0.29, 0.717) is 28.3 Å². The average molecular weight is 491 g/mol. The third kappa shape index (κ3) is 3.00. The molecule has 10 heteroatoms. The van der Waals surface area contributed by atoms with Gasteiger partial charge >= 0.3 is 0 Å². The number of amides is 4. The first-order valence-electron chi connectivity index (χ1n) is 11.9. The molecular weight excluding hydrogens is 464 g/mol. The SMILES string of the molecule is Cc1ccc2c(c1C)NC(=O)C21NC(CCC(N)=O)C2C(=O)N(Cc3ccc4c(c3)OCO4)C(=O)C21. The number of aryl methyl sites for hydroxylation is 1. The van der Waals surface area contributed by atoms with Gasteiger partial charge < -0.3 is 20.5 Å². The number of hydrogen-bond acceptors (Lipinski definition) is 7. The maximum absolute atomic E-state index is 13.9. The molecule has 10 nitrogen and oxygen atoms in total. The molecule has 6 rings (SSSR count). The third-order valence-electron chi connectivity index (χ3n) is 7.99. The first kappa shape index (κ1) is 22.5. The molecule has 4 aliphatic heterocycles. The molecule has 2 aromatic rings. The van der Waals surface area contributed by atoms with Crippen molar-refractivity contribution in [3.05, 3.63) is 52.6 Å². The number of nitrogens with zero attached hydrogens (tertiary/aromatic N) is 1. The topological polar surface area (TPSA) is 140 Å². The van der Waals surface area contributed by atoms with Crippen LogP contribution in [-0.2, 0) is 31.3 Å². The number of nitrogens with two attached hydrogens (primary N) is 1. The average Bonchev–Trinajstić information content (AvgIpc) is 3.57. The van der Waals surface area contributed by atoms with Crippen molar-refractivity contribution in [2.24, 2.45) is 17.6 Å². The number of anilines is 1. The maximum Gasteiger partial charge on any atom is 0.250 e. The van der Waals surface area contributed by atoms with Gasteiger partial charge in [0.05, 0.1) is 18.4 Å². The molecule has 4 amide bonds. The van der Waals surface area contributed by atoms with Crippen molar-refractivity contribution in [2.45, 2.75) is 44.8 Å². The molecule has 4 unspecified atom stereocenters. The number of likely N-dealkylation sites (tertiary alicyclic amines) is 1. The zero-order valence-electron chi connectivity index (χ0n) is 19.9. The Morgan fingerprint density at radius 2 is 1.89 bits per heavy atom. The van der Waals surface area contributed by atoms with Gasteiger partial charge in [0.15, 0.2) is 11.5 Å². The van der Waals surface area contributed by atoms with Crippen molar-refractivity contribution in [3.8, 4) is 11.5 Å². The minimum Gasteiger partial charge on any atom is -0.454 e. The fourth-order valence-corrected chi connectivity index (χ4v) is 6.10. The van der Waals surface area contributed by atoms with E-state index in [2.05, 4.69) is 10.6 Å². The Balaban J connectivity index is 1.41. The minimum absolute atomic E-state index is 0.0298. The lowest BCUT2D eigenvalue weighted by Crippen LogP contribution is -2.53. The van der Waals surface area contributed by atoms with Crippen molar-refractivity contribution in [2.75, 3.05) is 12.1 Å². The molecule has 36 heavy (non-hydrogen) atoms. The quantitative estimate of drug-likeness (QED) is 0.536. The standard InChI is InChI=1S/C26H26N4O6/c1-12-3-5-15-22(13(12)2)28-25(34)26(15)21-20(16(29-26)6-8-19(27)31)23(32)30(24(21)33)10-14-4-7-17-18(9-14)36-11-35-17/h3-5,7,9,16,20-21,29H,6,8,10-11H2,1-2H3,(H2,27,31)(H,28,34). The van der Waals surface area contributed by atoms with Crippen LogP contribution in [-0.4, -0.2) is 41.4 Å². The summed E-state index contributed by atoms with van der Waals surface area (Å²) in [5.41, 5.74) is 7.93. The van der Waals surface area contributed by atoms with Crippen LogP contribution in [0.3, 0.4) is 0 Å². The molecule has 0 radical (unpaired) electrons. The number of benzene rings is 2. The van der Waals surface area contributed by atoms with Crippen LogP contribution < -0.4 is 25.8 Å². The van der Waals surface area contributed by atoms with Crippen molar-refractivity contribution >= 4 is 29.3 Å². The van der Waals surface area contributed by atoms with Crippen LogP contribution in [0.15, 0.2) is 30.3 Å². The first-order chi connectivity index (χ1) is 17.2. The molecule has 4 heterocycles. The Hall–Kier alpha value is -3.92. The van der Waals surface area contributed by atoms with Crippen LogP contribution in [0, 0.1) is 25.7 Å². The Morgan fingerprint density at radius 1 is 1.11 bits per heavy atom. The van der Waals surface area contributed by atoms with E-state index in [1.54, 1.807) is 18.2 Å². The van der Waals surface area contributed by atoms with Crippen LogP contribution in [0.1, 0.15) is 35.1 Å². The molecular formula is C26H26N4O6. The first-order valence-corrected chi connectivity index (χ1v) is 11.9. The van der Waals surface area contributed by atoms with Crippen LogP contribution in [0.2, 0.25) is 0 Å². The van der Waals surface area contributed by atoms with Crippen LogP contribution in [0.25, 0.3) is 0 Å². The monoisotopic (exact) mass is 490 g/mol. The summed E-state index contributed by atoms with van der Waals surface area (Å²) in [6.45, 7) is 4.03. The maximum atomic E-state index is 13.9. The Morgan fingerprint density at radius 3 is 2.67 bits per heavy atom. The Labute approximate surface area is 207 Å². The third-order valence-corrected chi connectivity index (χ3v) is 7.99. The van der Waals surface area contributed by atoms with Gasteiger partial charge in [-0.2, -0.15) is 0 Å². The summed E-state index contributed by atoms with van der Waals surface area (Å²) < 4.78 is 10.8. The second kappa shape index (κ2) is 7.79. The van der Waals surface area contributed by atoms with E-state index in [1.165, 1.54) is 4.90 Å². The summed E-state index contributed by atoms with van der Waals surface area (Å²) in [6.07, 6.45) is 0.268. The predicted octanol–water partition coefficient (Wildman–Crippen LogP) is 1.22. The van der Waals surface area contributed by atoms with Gasteiger partial charge in [0.2, 0.25) is 30.4 Å². The molecule has 4 aliphatic rings. The Bertz CT molecular complexity index is 1360. The molecule has 4 N–H and O–H groups in total. The summed E-state index contributed by atoms with van der Waals surface area (Å²) in [7, 11) is 0. The van der Waals surface area contributed by atoms with Gasteiger partial charge in [-0.15, -0.1) is 0 Å². The highest BCUT2D eigenvalue weighted by Gasteiger charge is 2.70. The predicted molar refractivity (Wildman–Crippen MR) is 127 cm³/mol. The number of hydrogen-bond donors (Lipinski definition) is 3. The minimum atomic E-state index is -1.41. The number of carbonyl (C=O) groups is 4. The van der Waals surface area contributed by atoms with Gasteiger partial charge in [0, 0.05) is 23.7 Å². The summed E-state index contributed by atoms with van der Waals surface area (Å²) in [5.74, 6) is -2.25. The number of ether oxygens (including phenoxy) is 2. The van der Waals surface area contributed by atoms with E-state index in [0.717, 1.165) is 11.1 Å². The molecule has 0 aromatic heterocycles. The van der Waals surface area contributed by atoms with Crippen LogP contribution in [0.4, 0.5) is 5.69 Å². The molecule has 186 valence electrons. The molecule has 2 aromatic carbocycles. The second-order valence-electron chi connectivity index (χ2n) is 9.90. The van der Waals surface area contributed by atoms with Gasteiger partial charge in [-0.25, -0.2) is 0 Å². The van der Waals surface area contributed by atoms with E-state index in [9.17, 15) is 19.2 Å². The van der Waals surface area contributed by atoms with Crippen LogP contribution in [0.5, 0.6) is 11.5 Å². The highest BCUT2D eigenvalue weighted by atomic mass is 16.7. The fourth-order valence-electron chi connectivity index (χ4n) is 6.10. The Kier molecular flexibility index (Phi) is 4.88. The van der Waals surface area contributed by atoms with Gasteiger partial charge in [-0.05, 0) is 49.1 Å². The summed E-state index contributed by atoms with van der Waals surface area (Å²) in [4.78, 5) is 54.1. The lowest BCUT2D eigenvalue weighted by Gasteiger charge is -2.29. The molecule has 0 aliphatic carbocycles. The van der Waals surface area contributed by atoms with Gasteiger partial charge in [0.1, 0.15) is 5.54 Å². The largest absolute Gasteiger partial charge is 0.454 e. The fraction of sp³-hybridized carbons (Fsp3) is 0.385. The summed E-state index contributed by atoms with van der Waals surface area (Å²) in [6, 6.07) is 8.46. The van der Waals surface area contributed by atoms with E-state index < -0.39 is 35.2 Å². The number of nitrogens with one attached hydrogen (secondary N) is 2. The van der Waals surface area contributed by atoms with Crippen LogP contribution >= 0.6 is 0 Å². The summed E-state index contributed by atoms with van der Waals surface area (Å²) in [5, 5.41) is 6.29. The number of primary amides is 1. The van der Waals surface area contributed by atoms with Crippen molar-refractivity contribution in [1.82, 2.24) is 10.2 Å².